The van der Waals surface area contributed by atoms with E-state index < -0.39 is 18.3 Å². The van der Waals surface area contributed by atoms with Gasteiger partial charge in [-0.25, -0.2) is 4.98 Å². The van der Waals surface area contributed by atoms with Crippen molar-refractivity contribution < 1.29 is 14.1 Å². The van der Waals surface area contributed by atoms with E-state index in [1.807, 2.05) is 69.0 Å². The van der Waals surface area contributed by atoms with Gasteiger partial charge in [0.2, 0.25) is 0 Å². The van der Waals surface area contributed by atoms with Gasteiger partial charge in [0.25, 0.3) is 5.91 Å². The van der Waals surface area contributed by atoms with Crippen LogP contribution in [0, 0.1) is 6.92 Å². The first-order chi connectivity index (χ1) is 16.7. The Morgan fingerprint density at radius 3 is 2.43 bits per heavy atom. The van der Waals surface area contributed by atoms with Crippen LogP contribution in [0.25, 0.3) is 10.8 Å². The molecule has 7 heteroatoms. The van der Waals surface area contributed by atoms with E-state index in [9.17, 15) is 4.79 Å². The number of hydrogen-bond donors (Lipinski definition) is 1. The SMILES string of the molecule is Cc1cccc2ccnc(N(C(=O)c3ccc(B4OC(C)(C)C(C)(C)O4)cc3)[C@@H]3CCCNC3)c12. The fourth-order valence-electron chi connectivity index (χ4n) is 4.96. The predicted octanol–water partition coefficient (Wildman–Crippen LogP) is 4.24. The summed E-state index contributed by atoms with van der Waals surface area (Å²) in [4.78, 5) is 20.7. The molecule has 1 atom stereocenters. The molecule has 3 aromatic rings. The van der Waals surface area contributed by atoms with Crippen LogP contribution in [0.5, 0.6) is 0 Å². The Bertz CT molecular complexity index is 1210. The third-order valence-corrected chi connectivity index (χ3v) is 7.75. The summed E-state index contributed by atoms with van der Waals surface area (Å²) in [5, 5.41) is 5.58. The molecule has 0 unspecified atom stereocenters. The van der Waals surface area contributed by atoms with E-state index in [4.69, 9.17) is 14.3 Å². The summed E-state index contributed by atoms with van der Waals surface area (Å²) in [6.45, 7) is 12.0. The minimum absolute atomic E-state index is 0.0386. The number of amides is 1. The summed E-state index contributed by atoms with van der Waals surface area (Å²) in [6.07, 6.45) is 3.77. The number of anilines is 1. The Kier molecular flexibility index (Phi) is 6.20. The highest BCUT2D eigenvalue weighted by molar-refractivity contribution is 6.62. The van der Waals surface area contributed by atoms with Crippen molar-refractivity contribution in [3.63, 3.8) is 0 Å². The number of rotatable bonds is 4. The Morgan fingerprint density at radius 1 is 1.06 bits per heavy atom. The molecule has 2 fully saturated rings. The first kappa shape index (κ1) is 24.0. The average molecular weight is 471 g/mol. The van der Waals surface area contributed by atoms with E-state index in [1.54, 1.807) is 6.20 Å². The van der Waals surface area contributed by atoms with Gasteiger partial charge in [0.15, 0.2) is 0 Å². The molecule has 0 saturated carbocycles. The fourth-order valence-corrected chi connectivity index (χ4v) is 4.96. The van der Waals surface area contributed by atoms with Gasteiger partial charge in [0, 0.05) is 23.7 Å². The normalized spacial score (nSPS) is 21.3. The highest BCUT2D eigenvalue weighted by Gasteiger charge is 2.51. The minimum Gasteiger partial charge on any atom is -0.399 e. The van der Waals surface area contributed by atoms with E-state index in [1.165, 1.54) is 0 Å². The standard InChI is InChI=1S/C28H34BN3O3/c1-19-8-6-9-20-15-17-31-25(24(19)20)32(23-10-7-16-30-18-23)26(33)21-11-13-22(14-12-21)29-34-27(2,3)28(4,5)35-29/h6,8-9,11-15,17,23,30H,7,10,16,18H2,1-5H3/t23-/m1/s1. The topological polar surface area (TPSA) is 63.7 Å². The number of benzene rings is 2. The number of nitrogens with one attached hydrogen (secondary N) is 1. The van der Waals surface area contributed by atoms with E-state index >= 15 is 0 Å². The molecular weight excluding hydrogens is 437 g/mol. The number of carbonyl (C=O) groups is 1. The molecule has 182 valence electrons. The third kappa shape index (κ3) is 4.37. The van der Waals surface area contributed by atoms with Crippen molar-refractivity contribution in [3.05, 3.63) is 65.9 Å². The third-order valence-electron chi connectivity index (χ3n) is 7.75. The summed E-state index contributed by atoms with van der Waals surface area (Å²) in [5.74, 6) is 0.691. The lowest BCUT2D eigenvalue weighted by Gasteiger charge is -2.35. The van der Waals surface area contributed by atoms with Crippen molar-refractivity contribution in [2.75, 3.05) is 18.0 Å². The van der Waals surface area contributed by atoms with Gasteiger partial charge in [-0.2, -0.15) is 0 Å². The van der Waals surface area contributed by atoms with Crippen LogP contribution in [0.4, 0.5) is 5.82 Å². The van der Waals surface area contributed by atoms with Crippen LogP contribution < -0.4 is 15.7 Å². The van der Waals surface area contributed by atoms with Gasteiger partial charge in [0.05, 0.1) is 17.2 Å². The number of pyridine rings is 1. The molecule has 3 heterocycles. The maximum atomic E-state index is 14.0. The maximum Gasteiger partial charge on any atom is 0.494 e. The van der Waals surface area contributed by atoms with E-state index in [-0.39, 0.29) is 11.9 Å². The first-order valence-corrected chi connectivity index (χ1v) is 12.5. The fraction of sp³-hybridized carbons (Fsp3) is 0.429. The van der Waals surface area contributed by atoms with Crippen molar-refractivity contribution in [2.45, 2.75) is 64.7 Å². The van der Waals surface area contributed by atoms with Gasteiger partial charge in [-0.1, -0.05) is 30.3 Å². The summed E-state index contributed by atoms with van der Waals surface area (Å²) < 4.78 is 12.4. The molecule has 0 radical (unpaired) electrons. The molecule has 35 heavy (non-hydrogen) atoms. The summed E-state index contributed by atoms with van der Waals surface area (Å²) in [7, 11) is -0.454. The van der Waals surface area contributed by atoms with Gasteiger partial charge in [0.1, 0.15) is 5.82 Å². The number of hydrogen-bond acceptors (Lipinski definition) is 5. The van der Waals surface area contributed by atoms with Crippen LogP contribution in [-0.2, 0) is 9.31 Å². The minimum atomic E-state index is -0.454. The summed E-state index contributed by atoms with van der Waals surface area (Å²) >= 11 is 0. The van der Waals surface area contributed by atoms with Crippen molar-refractivity contribution >= 4 is 35.1 Å². The number of carbonyl (C=O) groups excluding carboxylic acids is 1. The summed E-state index contributed by atoms with van der Waals surface area (Å²) in [6, 6.07) is 15.9. The molecule has 0 aliphatic carbocycles. The second kappa shape index (κ2) is 9.05. The molecule has 1 N–H and O–H groups in total. The Hall–Kier alpha value is -2.74. The first-order valence-electron chi connectivity index (χ1n) is 12.5. The molecule has 2 aromatic carbocycles. The molecule has 1 amide bonds. The van der Waals surface area contributed by atoms with Gasteiger partial charge < -0.3 is 14.6 Å². The molecule has 0 bridgehead atoms. The van der Waals surface area contributed by atoms with Crippen LogP contribution in [0.3, 0.4) is 0 Å². The average Bonchev–Trinajstić information content (AvgIpc) is 3.07. The number of piperidine rings is 1. The smallest absolute Gasteiger partial charge is 0.399 e. The molecule has 2 saturated heterocycles. The number of aryl methyl sites for hydroxylation is 1. The van der Waals surface area contributed by atoms with Gasteiger partial charge in [-0.3, -0.25) is 9.69 Å². The van der Waals surface area contributed by atoms with Crippen molar-refractivity contribution in [2.24, 2.45) is 0 Å². The van der Waals surface area contributed by atoms with Crippen LogP contribution in [0.2, 0.25) is 0 Å². The van der Waals surface area contributed by atoms with Crippen molar-refractivity contribution in [1.29, 1.82) is 0 Å². The Morgan fingerprint density at radius 2 is 1.77 bits per heavy atom. The zero-order chi connectivity index (χ0) is 24.8. The van der Waals surface area contributed by atoms with Crippen LogP contribution >= 0.6 is 0 Å². The van der Waals surface area contributed by atoms with Crippen LogP contribution in [0.15, 0.2) is 54.7 Å². The maximum absolute atomic E-state index is 14.0. The second-order valence-corrected chi connectivity index (χ2v) is 10.7. The number of nitrogens with zero attached hydrogens (tertiary/aromatic N) is 2. The molecule has 0 spiro atoms. The van der Waals surface area contributed by atoms with Gasteiger partial charge in [-0.05, 0) is 88.6 Å². The Balaban J connectivity index is 1.50. The van der Waals surface area contributed by atoms with E-state index in [2.05, 4.69) is 24.4 Å². The van der Waals surface area contributed by atoms with Crippen LogP contribution in [-0.4, -0.2) is 48.3 Å². The Labute approximate surface area is 208 Å². The molecule has 2 aliphatic rings. The van der Waals surface area contributed by atoms with Gasteiger partial charge in [-0.15, -0.1) is 0 Å². The molecule has 6 nitrogen and oxygen atoms in total. The van der Waals surface area contributed by atoms with Crippen molar-refractivity contribution in [3.8, 4) is 0 Å². The molecular formula is C28H34BN3O3. The van der Waals surface area contributed by atoms with Gasteiger partial charge >= 0.3 is 7.12 Å². The summed E-state index contributed by atoms with van der Waals surface area (Å²) in [5.41, 5.74) is 1.83. The highest BCUT2D eigenvalue weighted by Crippen LogP contribution is 2.36. The lowest BCUT2D eigenvalue weighted by molar-refractivity contribution is 0.00578. The highest BCUT2D eigenvalue weighted by atomic mass is 16.7. The van der Waals surface area contributed by atoms with Crippen molar-refractivity contribution in [1.82, 2.24) is 10.3 Å². The zero-order valence-electron chi connectivity index (χ0n) is 21.3. The monoisotopic (exact) mass is 471 g/mol. The number of aromatic nitrogens is 1. The van der Waals surface area contributed by atoms with E-state index in [0.29, 0.717) is 5.56 Å². The van der Waals surface area contributed by atoms with E-state index in [0.717, 1.165) is 53.5 Å². The number of fused-ring (bicyclic) bond motifs is 1. The zero-order valence-corrected chi connectivity index (χ0v) is 21.3. The molecule has 1 aromatic heterocycles. The molecule has 2 aliphatic heterocycles. The lowest BCUT2D eigenvalue weighted by atomic mass is 9.79. The largest absolute Gasteiger partial charge is 0.494 e. The lowest BCUT2D eigenvalue weighted by Crippen LogP contribution is -2.49. The van der Waals surface area contributed by atoms with Crippen LogP contribution in [0.1, 0.15) is 56.5 Å². The quantitative estimate of drug-likeness (QED) is 0.577. The second-order valence-electron chi connectivity index (χ2n) is 10.7. The predicted molar refractivity (Wildman–Crippen MR) is 141 cm³/mol. The molecule has 5 rings (SSSR count).